The number of nitrogens with one attached hydrogen (secondary N) is 2. The lowest BCUT2D eigenvalue weighted by atomic mass is 9.86. The van der Waals surface area contributed by atoms with E-state index >= 15 is 0 Å². The standard InChI is InChI=1S/C27H40N6O3S/c1-6-24(36)28-17-27(30(4)18-26(31(27)5)9-11-32(12-10-26)21(3)35)19-33(13-14-34)37-25-16-22-15-20(2)7-8-23(22)29-25/h7-8,14-16,29H,6,9-13,17-19H2,1-5H3,(H,28,36). The molecule has 4 rings (SSSR count). The van der Waals surface area contributed by atoms with Crippen LogP contribution in [0.2, 0.25) is 0 Å². The van der Waals surface area contributed by atoms with Crippen LogP contribution in [-0.2, 0) is 14.4 Å². The van der Waals surface area contributed by atoms with Gasteiger partial charge in [0.25, 0.3) is 0 Å². The molecule has 1 aromatic heterocycles. The fourth-order valence-electron chi connectivity index (χ4n) is 5.94. The Morgan fingerprint density at radius 2 is 1.95 bits per heavy atom. The Bertz CT molecular complexity index is 1140. The molecule has 2 aliphatic heterocycles. The molecule has 0 aliphatic carbocycles. The van der Waals surface area contributed by atoms with Gasteiger partial charge in [-0.2, -0.15) is 0 Å². The molecule has 2 saturated heterocycles. The minimum absolute atomic E-state index is 0.00843. The van der Waals surface area contributed by atoms with Crippen molar-refractivity contribution in [1.29, 1.82) is 0 Å². The van der Waals surface area contributed by atoms with Gasteiger partial charge < -0.3 is 20.0 Å². The van der Waals surface area contributed by atoms with Gasteiger partial charge in [-0.15, -0.1) is 0 Å². The molecule has 37 heavy (non-hydrogen) atoms. The normalized spacial score (nSPS) is 22.3. The number of carbonyl (C=O) groups excluding carboxylic acids is 3. The molecular formula is C27H40N6O3S. The van der Waals surface area contributed by atoms with E-state index < -0.39 is 5.66 Å². The van der Waals surface area contributed by atoms with Gasteiger partial charge in [0.1, 0.15) is 11.9 Å². The number of aldehydes is 1. The third-order valence-corrected chi connectivity index (χ3v) is 9.25. The summed E-state index contributed by atoms with van der Waals surface area (Å²) in [6.07, 6.45) is 3.11. The Morgan fingerprint density at radius 1 is 1.22 bits per heavy atom. The van der Waals surface area contributed by atoms with E-state index in [1.165, 1.54) is 5.56 Å². The van der Waals surface area contributed by atoms with Crippen LogP contribution in [0.4, 0.5) is 0 Å². The third-order valence-electron chi connectivity index (χ3n) is 8.29. The number of likely N-dealkylation sites (tertiary alicyclic amines) is 1. The van der Waals surface area contributed by atoms with E-state index in [0.29, 0.717) is 19.5 Å². The first-order valence-corrected chi connectivity index (χ1v) is 13.8. The SMILES string of the molecule is CCC(=O)NCC1(CN(CC=O)Sc2cc3cc(C)ccc3[nH]2)N(C)CC2(CCN(C(C)=O)CC2)N1C. The fraction of sp³-hybridized carbons (Fsp3) is 0.593. The Kier molecular flexibility index (Phi) is 8.32. The Balaban J connectivity index is 1.61. The highest BCUT2D eigenvalue weighted by Gasteiger charge is 2.57. The number of aromatic amines is 1. The summed E-state index contributed by atoms with van der Waals surface area (Å²) in [5, 5.41) is 5.26. The van der Waals surface area contributed by atoms with Gasteiger partial charge in [0.05, 0.1) is 18.1 Å². The highest BCUT2D eigenvalue weighted by Crippen LogP contribution is 2.43. The Labute approximate surface area is 224 Å². The van der Waals surface area contributed by atoms with E-state index in [2.05, 4.69) is 69.7 Å². The van der Waals surface area contributed by atoms with Gasteiger partial charge in [0.15, 0.2) is 0 Å². The second-order valence-electron chi connectivity index (χ2n) is 10.6. The molecule has 202 valence electrons. The summed E-state index contributed by atoms with van der Waals surface area (Å²) in [5.74, 6) is 0.126. The zero-order valence-electron chi connectivity index (χ0n) is 22.7. The van der Waals surface area contributed by atoms with E-state index in [1.807, 2.05) is 11.8 Å². The van der Waals surface area contributed by atoms with Crippen LogP contribution >= 0.6 is 11.9 Å². The lowest BCUT2D eigenvalue weighted by Crippen LogP contribution is -2.66. The molecule has 1 atom stereocenters. The lowest BCUT2D eigenvalue weighted by Gasteiger charge is -2.49. The smallest absolute Gasteiger partial charge is 0.219 e. The van der Waals surface area contributed by atoms with Crippen molar-refractivity contribution < 1.29 is 14.4 Å². The number of H-pyrrole nitrogens is 1. The predicted octanol–water partition coefficient (Wildman–Crippen LogP) is 2.47. The molecular weight excluding hydrogens is 488 g/mol. The lowest BCUT2D eigenvalue weighted by molar-refractivity contribution is -0.131. The van der Waals surface area contributed by atoms with Crippen LogP contribution in [0.5, 0.6) is 0 Å². The molecule has 2 amide bonds. The van der Waals surface area contributed by atoms with Gasteiger partial charge in [-0.3, -0.25) is 19.4 Å². The molecule has 1 spiro atoms. The zero-order valence-corrected chi connectivity index (χ0v) is 23.5. The molecule has 2 fully saturated rings. The number of aromatic nitrogens is 1. The molecule has 2 N–H and O–H groups in total. The van der Waals surface area contributed by atoms with Crippen molar-refractivity contribution in [3.8, 4) is 0 Å². The van der Waals surface area contributed by atoms with Crippen molar-refractivity contribution in [2.24, 2.45) is 0 Å². The van der Waals surface area contributed by atoms with E-state index in [1.54, 1.807) is 18.9 Å². The van der Waals surface area contributed by atoms with Crippen molar-refractivity contribution in [1.82, 2.24) is 29.3 Å². The number of likely N-dealkylation sites (N-methyl/N-ethyl adjacent to an activating group) is 2. The number of piperidine rings is 1. The second-order valence-corrected chi connectivity index (χ2v) is 11.7. The van der Waals surface area contributed by atoms with Crippen molar-refractivity contribution in [3.63, 3.8) is 0 Å². The Hall–Kier alpha value is -2.40. The highest BCUT2D eigenvalue weighted by atomic mass is 32.2. The number of rotatable bonds is 9. The summed E-state index contributed by atoms with van der Waals surface area (Å²) >= 11 is 1.54. The predicted molar refractivity (Wildman–Crippen MR) is 147 cm³/mol. The van der Waals surface area contributed by atoms with Gasteiger partial charge in [0, 0.05) is 56.0 Å². The molecule has 1 unspecified atom stereocenters. The van der Waals surface area contributed by atoms with Crippen molar-refractivity contribution in [2.45, 2.75) is 56.3 Å². The molecule has 2 aliphatic rings. The molecule has 0 radical (unpaired) electrons. The second kappa shape index (κ2) is 11.1. The molecule has 2 aromatic rings. The van der Waals surface area contributed by atoms with Crippen LogP contribution in [0.15, 0.2) is 29.3 Å². The number of amides is 2. The van der Waals surface area contributed by atoms with Gasteiger partial charge in [-0.25, -0.2) is 4.31 Å². The van der Waals surface area contributed by atoms with Gasteiger partial charge >= 0.3 is 0 Å². The maximum atomic E-state index is 12.4. The van der Waals surface area contributed by atoms with E-state index in [9.17, 15) is 14.4 Å². The largest absolute Gasteiger partial charge is 0.353 e. The molecule has 3 heterocycles. The van der Waals surface area contributed by atoms with Gasteiger partial charge in [-0.1, -0.05) is 18.6 Å². The summed E-state index contributed by atoms with van der Waals surface area (Å²) in [4.78, 5) is 46.3. The van der Waals surface area contributed by atoms with E-state index in [-0.39, 0.29) is 23.9 Å². The van der Waals surface area contributed by atoms with Crippen LogP contribution in [-0.4, -0.2) is 107 Å². The Morgan fingerprint density at radius 3 is 2.59 bits per heavy atom. The minimum atomic E-state index is -0.512. The monoisotopic (exact) mass is 528 g/mol. The number of aryl methyl sites for hydroxylation is 1. The molecule has 9 nitrogen and oxygen atoms in total. The van der Waals surface area contributed by atoms with Crippen molar-refractivity contribution >= 4 is 41.0 Å². The topological polar surface area (TPSA) is 92.0 Å². The fourth-order valence-corrected chi connectivity index (χ4v) is 6.96. The zero-order chi connectivity index (χ0) is 26.8. The number of hydrogen-bond acceptors (Lipinski definition) is 7. The molecule has 10 heteroatoms. The maximum absolute atomic E-state index is 12.4. The molecule has 0 saturated carbocycles. The summed E-state index contributed by atoms with van der Waals surface area (Å²) in [6.45, 7) is 9.12. The average Bonchev–Trinajstić information content (AvgIpc) is 3.34. The maximum Gasteiger partial charge on any atom is 0.219 e. The number of benzene rings is 1. The number of carbonyl (C=O) groups is 3. The van der Waals surface area contributed by atoms with Gasteiger partial charge in [-0.05, 0) is 64.0 Å². The third kappa shape index (κ3) is 5.57. The summed E-state index contributed by atoms with van der Waals surface area (Å²) in [5.41, 5.74) is 1.65. The number of hydrogen-bond donors (Lipinski definition) is 2. The van der Waals surface area contributed by atoms with Gasteiger partial charge in [0.2, 0.25) is 11.8 Å². The average molecular weight is 529 g/mol. The first kappa shape index (κ1) is 27.6. The van der Waals surface area contributed by atoms with Crippen molar-refractivity contribution in [2.75, 3.05) is 53.4 Å². The van der Waals surface area contributed by atoms with Crippen LogP contribution in [0.1, 0.15) is 38.7 Å². The van der Waals surface area contributed by atoms with Crippen molar-refractivity contribution in [3.05, 3.63) is 29.8 Å². The minimum Gasteiger partial charge on any atom is -0.353 e. The first-order valence-electron chi connectivity index (χ1n) is 13.1. The molecule has 0 bridgehead atoms. The van der Waals surface area contributed by atoms with Crippen LogP contribution < -0.4 is 5.32 Å². The number of fused-ring (bicyclic) bond motifs is 1. The van der Waals surface area contributed by atoms with Crippen LogP contribution in [0.3, 0.4) is 0 Å². The summed E-state index contributed by atoms with van der Waals surface area (Å²) < 4.78 is 2.08. The van der Waals surface area contributed by atoms with E-state index in [0.717, 1.165) is 54.7 Å². The quantitative estimate of drug-likeness (QED) is 0.382. The molecule has 1 aromatic carbocycles. The summed E-state index contributed by atoms with van der Waals surface area (Å²) in [6, 6.07) is 8.44. The van der Waals surface area contributed by atoms with Crippen LogP contribution in [0.25, 0.3) is 10.9 Å². The van der Waals surface area contributed by atoms with Crippen LogP contribution in [0, 0.1) is 6.92 Å². The van der Waals surface area contributed by atoms with E-state index in [4.69, 9.17) is 0 Å². The summed E-state index contributed by atoms with van der Waals surface area (Å²) in [7, 11) is 4.25. The number of nitrogens with zero attached hydrogens (tertiary/aromatic N) is 4. The first-order chi connectivity index (χ1) is 17.6. The highest BCUT2D eigenvalue weighted by molar-refractivity contribution is 7.97.